The molecule has 34 heavy (non-hydrogen) atoms. The molecular weight excluding hydrogens is 434 g/mol. The summed E-state index contributed by atoms with van der Waals surface area (Å²) in [5, 5.41) is 13.8. The monoisotopic (exact) mass is 465 g/mol. The molecule has 3 aromatic rings. The van der Waals surface area contributed by atoms with Gasteiger partial charge in [0, 0.05) is 10.5 Å². The molecule has 0 saturated carbocycles. The highest BCUT2D eigenvalue weighted by atomic mass is 16.7. The first kappa shape index (κ1) is 24.0. The van der Waals surface area contributed by atoms with Crippen molar-refractivity contribution in [1.82, 2.24) is 0 Å². The second-order valence-electron chi connectivity index (χ2n) is 9.12. The lowest BCUT2D eigenvalue weighted by Crippen LogP contribution is -2.53. The molecule has 1 saturated heterocycles. The number of ether oxygens (including phenoxy) is 4. The van der Waals surface area contributed by atoms with E-state index in [2.05, 4.69) is 6.92 Å². The second kappa shape index (κ2) is 9.99. The zero-order valence-electron chi connectivity index (χ0n) is 19.9. The summed E-state index contributed by atoms with van der Waals surface area (Å²) in [6.07, 6.45) is 3.38. The smallest absolute Gasteiger partial charge is 0.292 e. The zero-order chi connectivity index (χ0) is 24.2. The summed E-state index contributed by atoms with van der Waals surface area (Å²) in [6.45, 7) is 6.31. The van der Waals surface area contributed by atoms with Crippen LogP contribution in [0.15, 0.2) is 60.7 Å². The van der Waals surface area contributed by atoms with E-state index in [1.807, 2.05) is 54.6 Å². The topological polar surface area (TPSA) is 80.1 Å². The van der Waals surface area contributed by atoms with E-state index in [1.165, 1.54) is 6.42 Å². The third-order valence-electron chi connectivity index (χ3n) is 6.09. The number of unbranched alkanes of at least 4 members (excludes halogenated alkanes) is 2. The first-order valence-corrected chi connectivity index (χ1v) is 11.7. The van der Waals surface area contributed by atoms with E-state index in [4.69, 9.17) is 18.9 Å². The highest BCUT2D eigenvalue weighted by molar-refractivity contribution is 5.84. The van der Waals surface area contributed by atoms with Crippen molar-refractivity contribution < 1.29 is 23.9 Å². The SMILES string of the molecule is CCCCCOc1ccc(Oc2ccc3cc(C4([N+](=O)[O-])COC(C)(C)OC4)ccc3c2)cc1. The molecule has 0 bridgehead atoms. The molecule has 7 nitrogen and oxygen atoms in total. The van der Waals surface area contributed by atoms with Crippen LogP contribution in [0.4, 0.5) is 0 Å². The molecule has 1 fully saturated rings. The minimum atomic E-state index is -1.43. The number of rotatable bonds is 9. The number of benzene rings is 3. The maximum absolute atomic E-state index is 12.0. The van der Waals surface area contributed by atoms with Crippen LogP contribution in [0.2, 0.25) is 0 Å². The molecule has 3 aromatic carbocycles. The van der Waals surface area contributed by atoms with Crippen molar-refractivity contribution in [3.63, 3.8) is 0 Å². The van der Waals surface area contributed by atoms with Gasteiger partial charge in [-0.25, -0.2) is 0 Å². The van der Waals surface area contributed by atoms with Crippen LogP contribution in [0, 0.1) is 10.1 Å². The van der Waals surface area contributed by atoms with E-state index in [9.17, 15) is 10.1 Å². The van der Waals surface area contributed by atoms with E-state index in [-0.39, 0.29) is 18.1 Å². The lowest BCUT2D eigenvalue weighted by molar-refractivity contribution is -0.605. The van der Waals surface area contributed by atoms with E-state index < -0.39 is 11.3 Å². The first-order chi connectivity index (χ1) is 16.3. The van der Waals surface area contributed by atoms with Gasteiger partial charge in [-0.15, -0.1) is 0 Å². The third kappa shape index (κ3) is 5.32. The van der Waals surface area contributed by atoms with Crippen LogP contribution in [0.25, 0.3) is 10.8 Å². The fourth-order valence-corrected chi connectivity index (χ4v) is 3.91. The predicted octanol–water partition coefficient (Wildman–Crippen LogP) is 6.46. The highest BCUT2D eigenvalue weighted by Crippen LogP contribution is 2.36. The van der Waals surface area contributed by atoms with Gasteiger partial charge >= 0.3 is 0 Å². The summed E-state index contributed by atoms with van der Waals surface area (Å²) in [7, 11) is 0. The number of hydrogen-bond acceptors (Lipinski definition) is 6. The molecule has 0 amide bonds. The van der Waals surface area contributed by atoms with Gasteiger partial charge in [-0.1, -0.05) is 38.0 Å². The number of hydrogen-bond donors (Lipinski definition) is 0. The summed E-state index contributed by atoms with van der Waals surface area (Å²) < 4.78 is 23.0. The lowest BCUT2D eigenvalue weighted by atomic mass is 9.89. The second-order valence-corrected chi connectivity index (χ2v) is 9.12. The van der Waals surface area contributed by atoms with Crippen LogP contribution in [0.3, 0.4) is 0 Å². The Morgan fingerprint density at radius 1 is 0.882 bits per heavy atom. The summed E-state index contributed by atoms with van der Waals surface area (Å²) in [5.74, 6) is 1.39. The minimum absolute atomic E-state index is 0.0436. The van der Waals surface area contributed by atoms with Crippen molar-refractivity contribution in [1.29, 1.82) is 0 Å². The summed E-state index contributed by atoms with van der Waals surface area (Å²) in [6, 6.07) is 18.7. The molecule has 7 heteroatoms. The van der Waals surface area contributed by atoms with E-state index in [1.54, 1.807) is 19.9 Å². The van der Waals surface area contributed by atoms with Crippen molar-refractivity contribution >= 4 is 10.8 Å². The first-order valence-electron chi connectivity index (χ1n) is 11.7. The Hall–Kier alpha value is -3.16. The van der Waals surface area contributed by atoms with E-state index >= 15 is 0 Å². The van der Waals surface area contributed by atoms with Crippen molar-refractivity contribution in [3.05, 3.63) is 76.3 Å². The molecule has 4 rings (SSSR count). The molecule has 0 atom stereocenters. The van der Waals surface area contributed by atoms with Gasteiger partial charge in [0.2, 0.25) is 0 Å². The molecule has 0 aromatic heterocycles. The van der Waals surface area contributed by atoms with Gasteiger partial charge in [-0.3, -0.25) is 10.1 Å². The summed E-state index contributed by atoms with van der Waals surface area (Å²) >= 11 is 0. The Bertz CT molecular complexity index is 1130. The molecule has 0 spiro atoms. The van der Waals surface area contributed by atoms with E-state index in [0.717, 1.165) is 29.4 Å². The standard InChI is InChI=1S/C27H31NO6/c1-4-5-6-15-31-23-11-13-24(14-12-23)34-25-10-8-20-16-22(9-7-21(20)17-25)27(28(29)30)18-32-26(2,3)33-19-27/h7-14,16-17H,4-6,15,18-19H2,1-3H3. The van der Waals surface area contributed by atoms with Crippen LogP contribution >= 0.6 is 0 Å². The van der Waals surface area contributed by atoms with Crippen LogP contribution < -0.4 is 9.47 Å². The van der Waals surface area contributed by atoms with Gasteiger partial charge in [0.05, 0.1) is 6.61 Å². The maximum Gasteiger partial charge on any atom is 0.292 e. The average molecular weight is 466 g/mol. The zero-order valence-corrected chi connectivity index (χ0v) is 19.9. The molecule has 1 aliphatic rings. The number of nitro groups is 1. The maximum atomic E-state index is 12.0. The molecule has 0 unspecified atom stereocenters. The van der Waals surface area contributed by atoms with Gasteiger partial charge in [0.25, 0.3) is 5.54 Å². The van der Waals surface area contributed by atoms with Crippen LogP contribution in [0.5, 0.6) is 17.2 Å². The average Bonchev–Trinajstić information content (AvgIpc) is 2.83. The van der Waals surface area contributed by atoms with Crippen LogP contribution in [-0.4, -0.2) is 30.5 Å². The molecular formula is C27H31NO6. The van der Waals surface area contributed by atoms with Gasteiger partial charge in [0.15, 0.2) is 5.79 Å². The number of nitrogens with zero attached hydrogens (tertiary/aromatic N) is 1. The van der Waals surface area contributed by atoms with Gasteiger partial charge in [-0.2, -0.15) is 0 Å². The minimum Gasteiger partial charge on any atom is -0.494 e. The quantitative estimate of drug-likeness (QED) is 0.205. The van der Waals surface area contributed by atoms with Crippen LogP contribution in [0.1, 0.15) is 45.6 Å². The largest absolute Gasteiger partial charge is 0.494 e. The molecule has 1 aliphatic heterocycles. The fraction of sp³-hybridized carbons (Fsp3) is 0.407. The summed E-state index contributed by atoms with van der Waals surface area (Å²) in [5.41, 5.74) is -0.872. The predicted molar refractivity (Wildman–Crippen MR) is 130 cm³/mol. The third-order valence-corrected chi connectivity index (χ3v) is 6.09. The molecule has 180 valence electrons. The van der Waals surface area contributed by atoms with Crippen molar-refractivity contribution in [3.8, 4) is 17.2 Å². The van der Waals surface area contributed by atoms with Gasteiger partial charge in [-0.05, 0) is 73.5 Å². The molecule has 1 heterocycles. The Balaban J connectivity index is 1.48. The Morgan fingerprint density at radius 2 is 1.50 bits per heavy atom. The van der Waals surface area contributed by atoms with Gasteiger partial charge in [0.1, 0.15) is 30.5 Å². The molecule has 0 aliphatic carbocycles. The lowest BCUT2D eigenvalue weighted by Gasteiger charge is -2.38. The van der Waals surface area contributed by atoms with E-state index in [0.29, 0.717) is 23.7 Å². The van der Waals surface area contributed by atoms with Crippen LogP contribution in [-0.2, 0) is 15.0 Å². The molecule has 0 N–H and O–H groups in total. The highest BCUT2D eigenvalue weighted by Gasteiger charge is 2.51. The van der Waals surface area contributed by atoms with Crippen molar-refractivity contribution in [2.75, 3.05) is 19.8 Å². The van der Waals surface area contributed by atoms with Crippen molar-refractivity contribution in [2.45, 2.75) is 51.4 Å². The van der Waals surface area contributed by atoms with Gasteiger partial charge < -0.3 is 18.9 Å². The Labute approximate surface area is 199 Å². The number of fused-ring (bicyclic) bond motifs is 1. The normalized spacial score (nSPS) is 16.8. The molecule has 0 radical (unpaired) electrons. The Kier molecular flexibility index (Phi) is 7.05. The fourth-order valence-electron chi connectivity index (χ4n) is 3.91. The summed E-state index contributed by atoms with van der Waals surface area (Å²) in [4.78, 5) is 11.7. The van der Waals surface area contributed by atoms with Crippen molar-refractivity contribution in [2.24, 2.45) is 0 Å². The Morgan fingerprint density at radius 3 is 2.18 bits per heavy atom.